The van der Waals surface area contributed by atoms with E-state index >= 15 is 0 Å². The van der Waals surface area contributed by atoms with Gasteiger partial charge < -0.3 is 15.0 Å². The summed E-state index contributed by atoms with van der Waals surface area (Å²) in [6.07, 6.45) is 6.95. The molecule has 180 valence electrons. The number of nitrogens with zero attached hydrogens (tertiary/aromatic N) is 2. The molecule has 2 aliphatic carbocycles. The van der Waals surface area contributed by atoms with Gasteiger partial charge in [-0.3, -0.25) is 19.7 Å². The zero-order valence-electron chi connectivity index (χ0n) is 19.6. The molecule has 3 amide bonds. The molecule has 2 saturated carbocycles. The van der Waals surface area contributed by atoms with Gasteiger partial charge in [-0.25, -0.2) is 0 Å². The number of amides is 3. The number of piperidine rings is 1. The number of nitriles is 1. The van der Waals surface area contributed by atoms with Gasteiger partial charge in [-0.05, 0) is 81.7 Å². The van der Waals surface area contributed by atoms with E-state index < -0.39 is 11.9 Å². The Hall–Kier alpha value is -2.92. The van der Waals surface area contributed by atoms with Crippen LogP contribution in [0.1, 0.15) is 74.2 Å². The molecule has 0 bridgehead atoms. The first-order valence-electron chi connectivity index (χ1n) is 12.4. The highest BCUT2D eigenvalue weighted by Gasteiger charge is 2.41. The van der Waals surface area contributed by atoms with Crippen LogP contribution in [0.25, 0.3) is 0 Å². The molecule has 8 nitrogen and oxygen atoms in total. The minimum atomic E-state index is -0.608. The van der Waals surface area contributed by atoms with E-state index in [0.29, 0.717) is 24.4 Å². The van der Waals surface area contributed by atoms with Crippen LogP contribution in [-0.2, 0) is 16.1 Å². The predicted molar refractivity (Wildman–Crippen MR) is 124 cm³/mol. The van der Waals surface area contributed by atoms with E-state index in [9.17, 15) is 19.6 Å². The van der Waals surface area contributed by atoms with Crippen molar-refractivity contribution in [2.75, 3.05) is 6.54 Å². The number of fused-ring (bicyclic) bond motifs is 1. The minimum Gasteiger partial charge on any atom is -0.489 e. The zero-order valence-corrected chi connectivity index (χ0v) is 19.6. The van der Waals surface area contributed by atoms with Crippen molar-refractivity contribution in [2.45, 2.75) is 83.0 Å². The molecule has 3 atom stereocenters. The number of hydrogen-bond donors (Lipinski definition) is 2. The summed E-state index contributed by atoms with van der Waals surface area (Å²) in [6.45, 7) is 3.31. The summed E-state index contributed by atoms with van der Waals surface area (Å²) in [5.74, 6) is 0.449. The van der Waals surface area contributed by atoms with Crippen molar-refractivity contribution in [1.82, 2.24) is 15.5 Å². The van der Waals surface area contributed by atoms with Crippen LogP contribution in [0.4, 0.5) is 0 Å². The SMILES string of the molecule is CC1(C#N)CC(CN[C@H]2CCCC[C@H]2Oc2ccc3c(c2)CN([C@@H]2CCC(=O)NC2=O)C3=O)C1. The maximum Gasteiger partial charge on any atom is 0.255 e. The van der Waals surface area contributed by atoms with Gasteiger partial charge in [-0.15, -0.1) is 0 Å². The monoisotopic (exact) mass is 464 g/mol. The third kappa shape index (κ3) is 4.41. The van der Waals surface area contributed by atoms with Gasteiger partial charge in [0.25, 0.3) is 5.91 Å². The van der Waals surface area contributed by atoms with Gasteiger partial charge in [0.1, 0.15) is 17.9 Å². The van der Waals surface area contributed by atoms with Crippen molar-refractivity contribution in [1.29, 1.82) is 5.26 Å². The van der Waals surface area contributed by atoms with Crippen molar-refractivity contribution >= 4 is 17.7 Å². The van der Waals surface area contributed by atoms with Crippen molar-refractivity contribution in [3.05, 3.63) is 29.3 Å². The molecule has 1 aromatic rings. The number of rotatable bonds is 6. The second kappa shape index (κ2) is 9.03. The molecule has 0 unspecified atom stereocenters. The first-order valence-corrected chi connectivity index (χ1v) is 12.4. The Balaban J connectivity index is 1.21. The molecular formula is C26H32N4O4. The number of benzene rings is 1. The van der Waals surface area contributed by atoms with Crippen LogP contribution in [0, 0.1) is 22.7 Å². The first kappa shape index (κ1) is 22.9. The van der Waals surface area contributed by atoms with Crippen LogP contribution in [0.3, 0.4) is 0 Å². The van der Waals surface area contributed by atoms with Gasteiger partial charge in [-0.2, -0.15) is 5.26 Å². The maximum atomic E-state index is 12.9. The average Bonchev–Trinajstić information content (AvgIpc) is 3.12. The molecule has 2 heterocycles. The lowest BCUT2D eigenvalue weighted by atomic mass is 9.64. The number of carbonyl (C=O) groups is 3. The third-order valence-electron chi connectivity index (χ3n) is 7.90. The summed E-state index contributed by atoms with van der Waals surface area (Å²) in [5, 5.41) is 15.3. The average molecular weight is 465 g/mol. The van der Waals surface area contributed by atoms with E-state index in [2.05, 4.69) is 16.7 Å². The summed E-state index contributed by atoms with van der Waals surface area (Å²) in [5.41, 5.74) is 1.30. The highest BCUT2D eigenvalue weighted by atomic mass is 16.5. The van der Waals surface area contributed by atoms with Gasteiger partial charge in [0, 0.05) is 24.6 Å². The summed E-state index contributed by atoms with van der Waals surface area (Å²) < 4.78 is 6.42. The smallest absolute Gasteiger partial charge is 0.255 e. The second-order valence-electron chi connectivity index (χ2n) is 10.6. The maximum absolute atomic E-state index is 12.9. The van der Waals surface area contributed by atoms with E-state index in [1.165, 1.54) is 6.42 Å². The van der Waals surface area contributed by atoms with Crippen LogP contribution in [0.15, 0.2) is 18.2 Å². The molecule has 1 aromatic carbocycles. The Morgan fingerprint density at radius 1 is 1.21 bits per heavy atom. The second-order valence-corrected chi connectivity index (χ2v) is 10.6. The Kier molecular flexibility index (Phi) is 6.07. The van der Waals surface area contributed by atoms with E-state index in [4.69, 9.17) is 4.74 Å². The Morgan fingerprint density at radius 3 is 2.76 bits per heavy atom. The highest BCUT2D eigenvalue weighted by molar-refractivity contribution is 6.05. The lowest BCUT2D eigenvalue weighted by molar-refractivity contribution is -0.136. The van der Waals surface area contributed by atoms with E-state index in [1.807, 2.05) is 19.1 Å². The highest BCUT2D eigenvalue weighted by Crippen LogP contribution is 2.44. The fourth-order valence-electron chi connectivity index (χ4n) is 6.04. The van der Waals surface area contributed by atoms with Crippen LogP contribution >= 0.6 is 0 Å². The summed E-state index contributed by atoms with van der Waals surface area (Å²) in [4.78, 5) is 38.2. The third-order valence-corrected chi connectivity index (χ3v) is 7.90. The topological polar surface area (TPSA) is 112 Å². The summed E-state index contributed by atoms with van der Waals surface area (Å²) in [7, 11) is 0. The molecule has 34 heavy (non-hydrogen) atoms. The number of nitrogens with one attached hydrogen (secondary N) is 2. The van der Waals surface area contributed by atoms with Gasteiger partial charge in [-0.1, -0.05) is 6.42 Å². The van der Waals surface area contributed by atoms with E-state index in [1.54, 1.807) is 11.0 Å². The molecule has 8 heteroatoms. The quantitative estimate of drug-likeness (QED) is 0.626. The number of ether oxygens (including phenoxy) is 1. The van der Waals surface area contributed by atoms with Crippen molar-refractivity contribution in [3.63, 3.8) is 0 Å². The molecule has 3 fully saturated rings. The number of imide groups is 1. The molecule has 1 saturated heterocycles. The zero-order chi connectivity index (χ0) is 23.9. The predicted octanol–water partition coefficient (Wildman–Crippen LogP) is 2.67. The molecule has 2 aliphatic heterocycles. The van der Waals surface area contributed by atoms with Gasteiger partial charge >= 0.3 is 0 Å². The van der Waals surface area contributed by atoms with Crippen molar-refractivity contribution in [2.24, 2.45) is 11.3 Å². The summed E-state index contributed by atoms with van der Waals surface area (Å²) >= 11 is 0. The lowest BCUT2D eigenvalue weighted by Crippen LogP contribution is -2.52. The van der Waals surface area contributed by atoms with E-state index in [0.717, 1.165) is 50.0 Å². The Bertz CT molecular complexity index is 1040. The molecular weight excluding hydrogens is 432 g/mol. The van der Waals surface area contributed by atoms with Gasteiger partial charge in [0.15, 0.2) is 0 Å². The van der Waals surface area contributed by atoms with Crippen LogP contribution in [-0.4, -0.2) is 47.4 Å². The standard InChI is InChI=1S/C26H32N4O4/c1-26(15-27)11-16(12-26)13-28-20-4-2-3-5-22(20)34-18-6-7-19-17(10-18)14-30(25(19)33)21-8-9-23(31)29-24(21)32/h6-7,10,16,20-22,28H,2-5,8-9,11-14H2,1H3,(H,29,31,32)/t16?,20-,21+,22+,26?/m0/s1. The molecule has 0 radical (unpaired) electrons. The Labute approximate surface area is 200 Å². The van der Waals surface area contributed by atoms with Crippen LogP contribution in [0.5, 0.6) is 5.75 Å². The van der Waals surface area contributed by atoms with Gasteiger partial charge in [0.2, 0.25) is 11.8 Å². The lowest BCUT2D eigenvalue weighted by Gasteiger charge is -2.41. The fourth-order valence-corrected chi connectivity index (χ4v) is 6.04. The molecule has 4 aliphatic rings. The number of hydrogen-bond acceptors (Lipinski definition) is 6. The molecule has 2 N–H and O–H groups in total. The van der Waals surface area contributed by atoms with Crippen LogP contribution < -0.4 is 15.4 Å². The van der Waals surface area contributed by atoms with Crippen molar-refractivity contribution < 1.29 is 19.1 Å². The number of carbonyl (C=O) groups excluding carboxylic acids is 3. The Morgan fingerprint density at radius 2 is 2.00 bits per heavy atom. The molecule has 0 spiro atoms. The van der Waals surface area contributed by atoms with E-state index in [-0.39, 0.29) is 35.8 Å². The molecule has 5 rings (SSSR count). The normalized spacial score (nSPS) is 33.1. The van der Waals surface area contributed by atoms with Crippen LogP contribution in [0.2, 0.25) is 0 Å². The largest absolute Gasteiger partial charge is 0.489 e. The van der Waals surface area contributed by atoms with Crippen molar-refractivity contribution in [3.8, 4) is 11.8 Å². The van der Waals surface area contributed by atoms with Gasteiger partial charge in [0.05, 0.1) is 11.5 Å². The summed E-state index contributed by atoms with van der Waals surface area (Å²) in [6, 6.07) is 7.66. The minimum absolute atomic E-state index is 0.0672. The fraction of sp³-hybridized carbons (Fsp3) is 0.615. The molecule has 0 aromatic heterocycles. The first-order chi connectivity index (χ1) is 16.3.